The van der Waals surface area contributed by atoms with Gasteiger partial charge in [0, 0.05) is 6.54 Å². The summed E-state index contributed by atoms with van der Waals surface area (Å²) < 4.78 is 0. The molecule has 1 heterocycles. The van der Waals surface area contributed by atoms with Gasteiger partial charge in [0.05, 0.1) is 5.92 Å². The van der Waals surface area contributed by atoms with Gasteiger partial charge in [0.25, 0.3) is 0 Å². The predicted molar refractivity (Wildman–Crippen MR) is 37.8 cm³/mol. The number of rotatable bonds is 2. The molecule has 2 N–H and O–H groups in total. The number of hydrogen-bond donors (Lipinski definition) is 2. The molecule has 0 saturated carbocycles. The first kappa shape index (κ1) is 7.54. The standard InChI is InChI=1S/C7H13NO2/c1-2-5-3-8-4-6(5)7(9)10/h5-6,8H,2-4H2,1H3,(H,9,10)/t5-,6+/m1/s1. The van der Waals surface area contributed by atoms with Crippen molar-refractivity contribution < 1.29 is 9.90 Å². The van der Waals surface area contributed by atoms with Crippen molar-refractivity contribution in [2.75, 3.05) is 13.1 Å². The van der Waals surface area contributed by atoms with Crippen molar-refractivity contribution in [1.82, 2.24) is 5.32 Å². The highest BCUT2D eigenvalue weighted by Crippen LogP contribution is 2.19. The van der Waals surface area contributed by atoms with Gasteiger partial charge >= 0.3 is 5.97 Å². The van der Waals surface area contributed by atoms with Crippen LogP contribution in [0, 0.1) is 11.8 Å². The van der Waals surface area contributed by atoms with Gasteiger partial charge in [0.15, 0.2) is 0 Å². The Labute approximate surface area is 60.4 Å². The van der Waals surface area contributed by atoms with E-state index < -0.39 is 5.97 Å². The molecule has 2 atom stereocenters. The lowest BCUT2D eigenvalue weighted by molar-refractivity contribution is -0.142. The van der Waals surface area contributed by atoms with Crippen LogP contribution in [0.3, 0.4) is 0 Å². The molecule has 0 amide bonds. The molecule has 58 valence electrons. The molecule has 0 unspecified atom stereocenters. The first-order valence-electron chi connectivity index (χ1n) is 3.69. The largest absolute Gasteiger partial charge is 0.481 e. The second-order valence-corrected chi connectivity index (χ2v) is 2.77. The maximum Gasteiger partial charge on any atom is 0.308 e. The molecular formula is C7H13NO2. The van der Waals surface area contributed by atoms with Crippen molar-refractivity contribution >= 4 is 5.97 Å². The van der Waals surface area contributed by atoms with E-state index in [1.165, 1.54) is 0 Å². The molecule has 0 spiro atoms. The van der Waals surface area contributed by atoms with Crippen LogP contribution in [0.5, 0.6) is 0 Å². The lowest BCUT2D eigenvalue weighted by Crippen LogP contribution is -2.21. The van der Waals surface area contributed by atoms with Gasteiger partial charge in [-0.25, -0.2) is 0 Å². The van der Waals surface area contributed by atoms with Gasteiger partial charge in [0.1, 0.15) is 0 Å². The summed E-state index contributed by atoms with van der Waals surface area (Å²) >= 11 is 0. The van der Waals surface area contributed by atoms with Crippen molar-refractivity contribution in [3.05, 3.63) is 0 Å². The molecule has 0 radical (unpaired) electrons. The third-order valence-corrected chi connectivity index (χ3v) is 2.18. The quantitative estimate of drug-likeness (QED) is 0.585. The molecule has 0 aromatic rings. The second kappa shape index (κ2) is 3.01. The molecule has 0 bridgehead atoms. The Morgan fingerprint density at radius 3 is 2.80 bits per heavy atom. The molecule has 0 aromatic carbocycles. The summed E-state index contributed by atoms with van der Waals surface area (Å²) in [6, 6.07) is 0. The van der Waals surface area contributed by atoms with Crippen molar-refractivity contribution in [2.24, 2.45) is 11.8 Å². The Balaban J connectivity index is 2.50. The average Bonchev–Trinajstić information content (AvgIpc) is 2.33. The third-order valence-electron chi connectivity index (χ3n) is 2.18. The fourth-order valence-electron chi connectivity index (χ4n) is 1.45. The van der Waals surface area contributed by atoms with E-state index in [2.05, 4.69) is 5.32 Å². The minimum atomic E-state index is -0.656. The zero-order chi connectivity index (χ0) is 7.56. The molecule has 3 nitrogen and oxygen atoms in total. The molecule has 1 fully saturated rings. The topological polar surface area (TPSA) is 49.3 Å². The maximum absolute atomic E-state index is 10.5. The summed E-state index contributed by atoms with van der Waals surface area (Å²) in [7, 11) is 0. The highest BCUT2D eigenvalue weighted by Gasteiger charge is 2.30. The van der Waals surface area contributed by atoms with Crippen molar-refractivity contribution in [2.45, 2.75) is 13.3 Å². The van der Waals surface area contributed by atoms with Gasteiger partial charge in [0.2, 0.25) is 0 Å². The summed E-state index contributed by atoms with van der Waals surface area (Å²) in [5.74, 6) is -0.459. The summed E-state index contributed by atoms with van der Waals surface area (Å²) in [6.07, 6.45) is 0.962. The second-order valence-electron chi connectivity index (χ2n) is 2.77. The first-order valence-corrected chi connectivity index (χ1v) is 3.69. The molecule has 1 saturated heterocycles. The fraction of sp³-hybridized carbons (Fsp3) is 0.857. The lowest BCUT2D eigenvalue weighted by atomic mass is 9.94. The van der Waals surface area contributed by atoms with Crippen LogP contribution in [0.1, 0.15) is 13.3 Å². The van der Waals surface area contributed by atoms with Crippen LogP contribution in [0.2, 0.25) is 0 Å². The van der Waals surface area contributed by atoms with Crippen LogP contribution < -0.4 is 5.32 Å². The van der Waals surface area contributed by atoms with Gasteiger partial charge in [-0.2, -0.15) is 0 Å². The normalized spacial score (nSPS) is 32.5. The molecule has 1 aliphatic heterocycles. The zero-order valence-electron chi connectivity index (χ0n) is 6.13. The van der Waals surface area contributed by atoms with Crippen LogP contribution >= 0.6 is 0 Å². The summed E-state index contributed by atoms with van der Waals surface area (Å²) in [4.78, 5) is 10.5. The monoisotopic (exact) mass is 143 g/mol. The van der Waals surface area contributed by atoms with E-state index in [1.54, 1.807) is 0 Å². The number of carboxylic acid groups (broad SMARTS) is 1. The maximum atomic E-state index is 10.5. The molecule has 10 heavy (non-hydrogen) atoms. The summed E-state index contributed by atoms with van der Waals surface area (Å²) in [5, 5.41) is 11.7. The minimum absolute atomic E-state index is 0.148. The van der Waals surface area contributed by atoms with Crippen LogP contribution in [0.4, 0.5) is 0 Å². The zero-order valence-corrected chi connectivity index (χ0v) is 6.13. The number of carboxylic acids is 1. The molecule has 1 rings (SSSR count). The number of carbonyl (C=O) groups is 1. The molecule has 0 aromatic heterocycles. The Morgan fingerprint density at radius 1 is 1.70 bits per heavy atom. The van der Waals surface area contributed by atoms with E-state index in [9.17, 15) is 4.79 Å². The number of nitrogens with one attached hydrogen (secondary N) is 1. The highest BCUT2D eigenvalue weighted by atomic mass is 16.4. The van der Waals surface area contributed by atoms with E-state index in [0.717, 1.165) is 13.0 Å². The first-order chi connectivity index (χ1) is 4.75. The average molecular weight is 143 g/mol. The molecule has 3 heteroatoms. The van der Waals surface area contributed by atoms with Crippen LogP contribution in [0.15, 0.2) is 0 Å². The molecular weight excluding hydrogens is 130 g/mol. The van der Waals surface area contributed by atoms with Crippen molar-refractivity contribution in [1.29, 1.82) is 0 Å². The van der Waals surface area contributed by atoms with Crippen LogP contribution in [0.25, 0.3) is 0 Å². The highest BCUT2D eigenvalue weighted by molar-refractivity contribution is 5.71. The van der Waals surface area contributed by atoms with Gasteiger partial charge in [-0.05, 0) is 12.5 Å². The van der Waals surface area contributed by atoms with Crippen molar-refractivity contribution in [3.8, 4) is 0 Å². The van der Waals surface area contributed by atoms with E-state index in [4.69, 9.17) is 5.11 Å². The minimum Gasteiger partial charge on any atom is -0.481 e. The summed E-state index contributed by atoms with van der Waals surface area (Å²) in [5.41, 5.74) is 0. The Bertz CT molecular complexity index is 136. The Kier molecular flexibility index (Phi) is 2.27. The van der Waals surface area contributed by atoms with E-state index in [0.29, 0.717) is 12.5 Å². The Morgan fingerprint density at radius 2 is 2.40 bits per heavy atom. The molecule has 0 aliphatic carbocycles. The van der Waals surface area contributed by atoms with E-state index >= 15 is 0 Å². The van der Waals surface area contributed by atoms with Gasteiger partial charge < -0.3 is 10.4 Å². The fourth-order valence-corrected chi connectivity index (χ4v) is 1.45. The van der Waals surface area contributed by atoms with Crippen LogP contribution in [-0.4, -0.2) is 24.2 Å². The third kappa shape index (κ3) is 1.29. The number of aliphatic carboxylic acids is 1. The van der Waals surface area contributed by atoms with Gasteiger partial charge in [-0.3, -0.25) is 4.79 Å². The van der Waals surface area contributed by atoms with E-state index in [1.807, 2.05) is 6.92 Å². The van der Waals surface area contributed by atoms with Crippen molar-refractivity contribution in [3.63, 3.8) is 0 Å². The van der Waals surface area contributed by atoms with Crippen LogP contribution in [-0.2, 0) is 4.79 Å². The van der Waals surface area contributed by atoms with E-state index in [-0.39, 0.29) is 5.92 Å². The summed E-state index contributed by atoms with van der Waals surface area (Å²) in [6.45, 7) is 3.55. The smallest absolute Gasteiger partial charge is 0.308 e. The number of hydrogen-bond acceptors (Lipinski definition) is 2. The predicted octanol–water partition coefficient (Wildman–Crippen LogP) is 0.317. The van der Waals surface area contributed by atoms with Gasteiger partial charge in [-0.15, -0.1) is 0 Å². The Hall–Kier alpha value is -0.570. The SMILES string of the molecule is CC[C@@H]1CNC[C@@H]1C(=O)O. The lowest BCUT2D eigenvalue weighted by Gasteiger charge is -2.10. The molecule has 1 aliphatic rings. The van der Waals surface area contributed by atoms with Gasteiger partial charge in [-0.1, -0.05) is 13.3 Å².